The van der Waals surface area contributed by atoms with E-state index in [0.29, 0.717) is 6.04 Å². The number of aromatic nitrogens is 2. The summed E-state index contributed by atoms with van der Waals surface area (Å²) in [5.41, 5.74) is 0. The SMILES string of the molecule is CN=C(NCCCCn1ccnc1C)NC1CCC(C(C)C)CC1.I. The zero-order valence-corrected chi connectivity index (χ0v) is 18.6. The van der Waals surface area contributed by atoms with E-state index in [1.54, 1.807) is 0 Å². The van der Waals surface area contributed by atoms with E-state index in [2.05, 4.69) is 52.1 Å². The van der Waals surface area contributed by atoms with Crippen LogP contribution in [-0.4, -0.2) is 35.1 Å². The lowest BCUT2D eigenvalue weighted by atomic mass is 9.80. The van der Waals surface area contributed by atoms with Crippen LogP contribution in [0.2, 0.25) is 0 Å². The molecule has 1 heterocycles. The van der Waals surface area contributed by atoms with Crippen molar-refractivity contribution in [3.63, 3.8) is 0 Å². The number of aliphatic imine (C=N–C) groups is 1. The second-order valence-corrected chi connectivity index (χ2v) is 7.37. The van der Waals surface area contributed by atoms with E-state index >= 15 is 0 Å². The molecule has 6 heteroatoms. The molecule has 0 amide bonds. The Hall–Kier alpha value is -0.790. The lowest BCUT2D eigenvalue weighted by Crippen LogP contribution is -2.45. The first-order valence-electron chi connectivity index (χ1n) is 9.55. The number of guanidine groups is 1. The molecule has 0 radical (unpaired) electrons. The second kappa shape index (κ2) is 11.8. The average Bonchev–Trinajstić information content (AvgIpc) is 2.99. The summed E-state index contributed by atoms with van der Waals surface area (Å²) in [5.74, 6) is 3.78. The molecule has 0 unspecified atom stereocenters. The first-order valence-corrected chi connectivity index (χ1v) is 9.55. The normalized spacial score (nSPS) is 21.1. The molecule has 2 N–H and O–H groups in total. The molecule has 1 aromatic rings. The molecule has 0 atom stereocenters. The Balaban J connectivity index is 0.00000312. The summed E-state index contributed by atoms with van der Waals surface area (Å²) >= 11 is 0. The number of halogens is 1. The largest absolute Gasteiger partial charge is 0.356 e. The predicted molar refractivity (Wildman–Crippen MR) is 117 cm³/mol. The van der Waals surface area contributed by atoms with Crippen molar-refractivity contribution in [1.82, 2.24) is 20.2 Å². The molecule has 144 valence electrons. The molecule has 5 nitrogen and oxygen atoms in total. The standard InChI is InChI=1S/C19H35N5.HI/c1-15(2)17-7-9-18(10-8-17)23-19(20-4)22-11-5-6-13-24-14-12-21-16(24)3;/h12,14-15,17-18H,5-11,13H2,1-4H3,(H2,20,22,23);1H. The molecular weight excluding hydrogens is 425 g/mol. The highest BCUT2D eigenvalue weighted by molar-refractivity contribution is 14.0. The molecule has 1 aliphatic carbocycles. The van der Waals surface area contributed by atoms with Crippen LogP contribution in [0.3, 0.4) is 0 Å². The Kier molecular flexibility index (Phi) is 10.5. The van der Waals surface area contributed by atoms with E-state index in [9.17, 15) is 0 Å². The highest BCUT2D eigenvalue weighted by atomic mass is 127. The predicted octanol–water partition coefficient (Wildman–Crippen LogP) is 3.97. The number of unbranched alkanes of at least 4 members (excludes halogenated alkanes) is 1. The van der Waals surface area contributed by atoms with Crippen molar-refractivity contribution in [3.8, 4) is 0 Å². The van der Waals surface area contributed by atoms with Gasteiger partial charge in [-0.25, -0.2) is 4.98 Å². The molecule has 0 spiro atoms. The van der Waals surface area contributed by atoms with Crippen molar-refractivity contribution < 1.29 is 0 Å². The van der Waals surface area contributed by atoms with Crippen molar-refractivity contribution >= 4 is 29.9 Å². The van der Waals surface area contributed by atoms with E-state index in [-0.39, 0.29) is 24.0 Å². The van der Waals surface area contributed by atoms with Gasteiger partial charge in [0.2, 0.25) is 0 Å². The Labute approximate surface area is 170 Å². The maximum atomic E-state index is 4.38. The summed E-state index contributed by atoms with van der Waals surface area (Å²) in [6.45, 7) is 8.76. The lowest BCUT2D eigenvalue weighted by Gasteiger charge is -2.32. The molecule has 2 rings (SSSR count). The number of aryl methyl sites for hydroxylation is 2. The minimum absolute atomic E-state index is 0. The van der Waals surface area contributed by atoms with Gasteiger partial charge in [0.25, 0.3) is 0 Å². The third-order valence-electron chi connectivity index (χ3n) is 5.32. The molecule has 1 saturated carbocycles. The Bertz CT molecular complexity index is 504. The maximum Gasteiger partial charge on any atom is 0.191 e. The van der Waals surface area contributed by atoms with Gasteiger partial charge >= 0.3 is 0 Å². The summed E-state index contributed by atoms with van der Waals surface area (Å²) in [5, 5.41) is 7.06. The fraction of sp³-hybridized carbons (Fsp3) is 0.789. The van der Waals surface area contributed by atoms with Crippen molar-refractivity contribution in [3.05, 3.63) is 18.2 Å². The van der Waals surface area contributed by atoms with Crippen LogP contribution in [0.4, 0.5) is 0 Å². The van der Waals surface area contributed by atoms with Gasteiger partial charge in [0, 0.05) is 38.6 Å². The van der Waals surface area contributed by atoms with Crippen LogP contribution in [0.15, 0.2) is 17.4 Å². The zero-order chi connectivity index (χ0) is 17.4. The molecular formula is C19H36IN5. The monoisotopic (exact) mass is 461 g/mol. The molecule has 1 aliphatic rings. The minimum atomic E-state index is 0. The first-order chi connectivity index (χ1) is 11.6. The van der Waals surface area contributed by atoms with Crippen LogP contribution in [0, 0.1) is 18.8 Å². The van der Waals surface area contributed by atoms with Gasteiger partial charge in [-0.3, -0.25) is 4.99 Å². The van der Waals surface area contributed by atoms with E-state index in [1.165, 1.54) is 25.7 Å². The van der Waals surface area contributed by atoms with Gasteiger partial charge < -0.3 is 15.2 Å². The Morgan fingerprint density at radius 2 is 2.00 bits per heavy atom. The summed E-state index contributed by atoms with van der Waals surface area (Å²) in [4.78, 5) is 8.63. The van der Waals surface area contributed by atoms with Crippen molar-refractivity contribution in [2.24, 2.45) is 16.8 Å². The second-order valence-electron chi connectivity index (χ2n) is 7.37. The van der Waals surface area contributed by atoms with E-state index < -0.39 is 0 Å². The van der Waals surface area contributed by atoms with Gasteiger partial charge in [-0.2, -0.15) is 0 Å². The summed E-state index contributed by atoms with van der Waals surface area (Å²) in [6, 6.07) is 0.583. The highest BCUT2D eigenvalue weighted by Gasteiger charge is 2.23. The lowest BCUT2D eigenvalue weighted by molar-refractivity contribution is 0.250. The maximum absolute atomic E-state index is 4.38. The molecule has 0 bridgehead atoms. The van der Waals surface area contributed by atoms with Crippen molar-refractivity contribution in [2.45, 2.75) is 71.9 Å². The van der Waals surface area contributed by atoms with Crippen LogP contribution >= 0.6 is 24.0 Å². The van der Waals surface area contributed by atoms with Crippen LogP contribution < -0.4 is 10.6 Å². The van der Waals surface area contributed by atoms with E-state index in [4.69, 9.17) is 0 Å². The third kappa shape index (κ3) is 7.54. The topological polar surface area (TPSA) is 54.2 Å². The number of imidazole rings is 1. The molecule has 1 fully saturated rings. The molecule has 1 aromatic heterocycles. The summed E-state index contributed by atoms with van der Waals surface area (Å²) < 4.78 is 2.21. The van der Waals surface area contributed by atoms with Crippen LogP contribution in [-0.2, 0) is 6.54 Å². The van der Waals surface area contributed by atoms with Gasteiger partial charge in [0.15, 0.2) is 5.96 Å². The van der Waals surface area contributed by atoms with E-state index in [1.807, 2.05) is 13.2 Å². The summed E-state index contributed by atoms with van der Waals surface area (Å²) in [7, 11) is 1.87. The zero-order valence-electron chi connectivity index (χ0n) is 16.3. The molecule has 0 aromatic carbocycles. The first kappa shape index (κ1) is 22.3. The highest BCUT2D eigenvalue weighted by Crippen LogP contribution is 2.29. The van der Waals surface area contributed by atoms with Crippen LogP contribution in [0.5, 0.6) is 0 Å². The Morgan fingerprint density at radius 1 is 1.28 bits per heavy atom. The third-order valence-corrected chi connectivity index (χ3v) is 5.32. The smallest absolute Gasteiger partial charge is 0.191 e. The minimum Gasteiger partial charge on any atom is -0.356 e. The number of nitrogens with zero attached hydrogens (tertiary/aromatic N) is 3. The van der Waals surface area contributed by atoms with Crippen LogP contribution in [0.1, 0.15) is 58.2 Å². The van der Waals surface area contributed by atoms with Gasteiger partial charge in [0.1, 0.15) is 5.82 Å². The summed E-state index contributed by atoms with van der Waals surface area (Å²) in [6.07, 6.45) is 11.4. The number of hydrogen-bond acceptors (Lipinski definition) is 2. The Morgan fingerprint density at radius 3 is 2.56 bits per heavy atom. The number of nitrogens with one attached hydrogen (secondary N) is 2. The molecule has 0 saturated heterocycles. The fourth-order valence-corrected chi connectivity index (χ4v) is 3.57. The van der Waals surface area contributed by atoms with Crippen molar-refractivity contribution in [1.29, 1.82) is 0 Å². The van der Waals surface area contributed by atoms with Gasteiger partial charge in [0.05, 0.1) is 0 Å². The van der Waals surface area contributed by atoms with Gasteiger partial charge in [-0.15, -0.1) is 24.0 Å². The van der Waals surface area contributed by atoms with Crippen molar-refractivity contribution in [2.75, 3.05) is 13.6 Å². The quantitative estimate of drug-likeness (QED) is 0.280. The number of hydrogen-bond donors (Lipinski definition) is 2. The van der Waals surface area contributed by atoms with Gasteiger partial charge in [-0.05, 0) is 57.3 Å². The van der Waals surface area contributed by atoms with E-state index in [0.717, 1.165) is 49.6 Å². The fourth-order valence-electron chi connectivity index (χ4n) is 3.57. The molecule has 0 aliphatic heterocycles. The number of rotatable bonds is 7. The van der Waals surface area contributed by atoms with Crippen LogP contribution in [0.25, 0.3) is 0 Å². The average molecular weight is 461 g/mol. The van der Waals surface area contributed by atoms with Gasteiger partial charge in [-0.1, -0.05) is 13.8 Å². The molecule has 25 heavy (non-hydrogen) atoms.